The monoisotopic (exact) mass is 506 g/mol. The van der Waals surface area contributed by atoms with Crippen LogP contribution in [0.2, 0.25) is 0 Å². The van der Waals surface area contributed by atoms with Gasteiger partial charge in [-0.15, -0.1) is 24.0 Å². The third-order valence-corrected chi connectivity index (χ3v) is 7.25. The van der Waals surface area contributed by atoms with E-state index in [1.807, 2.05) is 25.0 Å². The molecule has 1 spiro atoms. The molecule has 154 valence electrons. The molecular weight excluding hydrogens is 471 g/mol. The SMILES string of the molecule is CN=C(NCC(c1cnn(C)c1)N(C)C)N1CCSC2(CCCCC2)C1.I. The van der Waals surface area contributed by atoms with E-state index in [9.17, 15) is 0 Å². The van der Waals surface area contributed by atoms with Crippen LogP contribution in [0.1, 0.15) is 43.7 Å². The van der Waals surface area contributed by atoms with Crippen LogP contribution in [0, 0.1) is 0 Å². The van der Waals surface area contributed by atoms with Crippen molar-refractivity contribution in [3.05, 3.63) is 18.0 Å². The molecule has 2 fully saturated rings. The van der Waals surface area contributed by atoms with E-state index in [1.54, 1.807) is 0 Å². The summed E-state index contributed by atoms with van der Waals surface area (Å²) in [5.74, 6) is 2.26. The molecule has 8 heteroatoms. The van der Waals surface area contributed by atoms with Gasteiger partial charge in [0.25, 0.3) is 0 Å². The Hall–Kier alpha value is -0.480. The van der Waals surface area contributed by atoms with Crippen LogP contribution in [0.4, 0.5) is 0 Å². The number of hydrogen-bond donors (Lipinski definition) is 1. The number of rotatable bonds is 4. The van der Waals surface area contributed by atoms with Gasteiger partial charge in [-0.3, -0.25) is 9.67 Å². The highest BCUT2D eigenvalue weighted by Gasteiger charge is 2.38. The highest BCUT2D eigenvalue weighted by atomic mass is 127. The summed E-state index contributed by atoms with van der Waals surface area (Å²) in [4.78, 5) is 9.33. The van der Waals surface area contributed by atoms with Crippen molar-refractivity contribution in [2.75, 3.05) is 46.5 Å². The minimum Gasteiger partial charge on any atom is -0.354 e. The fourth-order valence-electron chi connectivity index (χ4n) is 4.26. The van der Waals surface area contributed by atoms with Gasteiger partial charge in [-0.05, 0) is 26.9 Å². The van der Waals surface area contributed by atoms with E-state index in [-0.39, 0.29) is 30.0 Å². The van der Waals surface area contributed by atoms with E-state index in [0.29, 0.717) is 4.75 Å². The number of guanidine groups is 1. The molecule has 0 amide bonds. The number of aliphatic imine (C=N–C) groups is 1. The number of halogens is 1. The Morgan fingerprint density at radius 3 is 2.70 bits per heavy atom. The second kappa shape index (κ2) is 10.3. The number of hydrogen-bond acceptors (Lipinski definition) is 4. The number of nitrogens with one attached hydrogen (secondary N) is 1. The van der Waals surface area contributed by atoms with Crippen molar-refractivity contribution in [1.82, 2.24) is 24.9 Å². The normalized spacial score (nSPS) is 21.2. The van der Waals surface area contributed by atoms with E-state index in [1.165, 1.54) is 43.4 Å². The van der Waals surface area contributed by atoms with Gasteiger partial charge in [-0.1, -0.05) is 19.3 Å². The molecule has 1 aromatic heterocycles. The number of aryl methyl sites for hydroxylation is 1. The first-order valence-electron chi connectivity index (χ1n) is 9.77. The van der Waals surface area contributed by atoms with Crippen LogP contribution in [0.15, 0.2) is 17.4 Å². The molecule has 1 saturated carbocycles. The quantitative estimate of drug-likeness (QED) is 0.387. The van der Waals surface area contributed by atoms with Gasteiger partial charge in [-0.2, -0.15) is 16.9 Å². The fraction of sp³-hybridized carbons (Fsp3) is 0.789. The standard InChI is InChI=1S/C19H34N6S.HI/c1-20-18(21-13-17(23(2)3)16-12-22-24(4)14-16)25-10-11-26-19(15-25)8-6-5-7-9-19;/h12,14,17H,5-11,13,15H2,1-4H3,(H,20,21);1H. The maximum Gasteiger partial charge on any atom is 0.193 e. The highest BCUT2D eigenvalue weighted by molar-refractivity contribution is 14.0. The van der Waals surface area contributed by atoms with E-state index in [0.717, 1.165) is 25.6 Å². The summed E-state index contributed by atoms with van der Waals surface area (Å²) in [6, 6.07) is 0.281. The Labute approximate surface area is 185 Å². The maximum absolute atomic E-state index is 4.60. The first kappa shape index (κ1) is 22.8. The summed E-state index contributed by atoms with van der Waals surface area (Å²) >= 11 is 2.20. The molecule has 1 saturated heterocycles. The zero-order valence-corrected chi connectivity index (χ0v) is 20.3. The molecule has 27 heavy (non-hydrogen) atoms. The van der Waals surface area contributed by atoms with Gasteiger partial charge < -0.3 is 15.1 Å². The Morgan fingerprint density at radius 1 is 1.37 bits per heavy atom. The van der Waals surface area contributed by atoms with Crippen molar-refractivity contribution >= 4 is 41.7 Å². The summed E-state index contributed by atoms with van der Waals surface area (Å²) in [5.41, 5.74) is 1.23. The Morgan fingerprint density at radius 2 is 2.11 bits per heavy atom. The zero-order valence-electron chi connectivity index (χ0n) is 17.1. The number of nitrogens with zero attached hydrogens (tertiary/aromatic N) is 5. The molecule has 1 atom stereocenters. The lowest BCUT2D eigenvalue weighted by molar-refractivity contribution is 0.278. The van der Waals surface area contributed by atoms with Crippen LogP contribution >= 0.6 is 35.7 Å². The van der Waals surface area contributed by atoms with Crippen molar-refractivity contribution in [3.63, 3.8) is 0 Å². The van der Waals surface area contributed by atoms with Crippen LogP contribution < -0.4 is 5.32 Å². The molecule has 6 nitrogen and oxygen atoms in total. The first-order chi connectivity index (χ1) is 12.5. The largest absolute Gasteiger partial charge is 0.354 e. The number of aromatic nitrogens is 2. The molecule has 2 aliphatic rings. The second-order valence-corrected chi connectivity index (χ2v) is 9.43. The average molecular weight is 507 g/mol. The molecule has 0 bridgehead atoms. The van der Waals surface area contributed by atoms with Crippen molar-refractivity contribution in [2.45, 2.75) is 42.9 Å². The zero-order chi connectivity index (χ0) is 18.6. The van der Waals surface area contributed by atoms with Gasteiger partial charge >= 0.3 is 0 Å². The predicted octanol–water partition coefficient (Wildman–Crippen LogP) is 2.97. The molecule has 2 heterocycles. The molecule has 0 aromatic carbocycles. The number of likely N-dealkylation sites (N-methyl/N-ethyl adjacent to an activating group) is 1. The van der Waals surface area contributed by atoms with Gasteiger partial charge in [0.15, 0.2) is 5.96 Å². The molecule has 3 rings (SSSR count). The minimum atomic E-state index is 0. The molecule has 1 aromatic rings. The van der Waals surface area contributed by atoms with E-state index < -0.39 is 0 Å². The fourth-order valence-corrected chi connectivity index (χ4v) is 5.82. The lowest BCUT2D eigenvalue weighted by Crippen LogP contribution is -2.54. The molecular formula is C19H35IN6S. The lowest BCUT2D eigenvalue weighted by Gasteiger charge is -2.45. The summed E-state index contributed by atoms with van der Waals surface area (Å²) in [7, 11) is 8.12. The first-order valence-corrected chi connectivity index (χ1v) is 10.8. The number of thioether (sulfide) groups is 1. The third kappa shape index (κ3) is 5.76. The predicted molar refractivity (Wildman–Crippen MR) is 126 cm³/mol. The molecule has 1 N–H and O–H groups in total. The van der Waals surface area contributed by atoms with Crippen molar-refractivity contribution in [1.29, 1.82) is 0 Å². The molecule has 1 unspecified atom stereocenters. The van der Waals surface area contributed by atoms with Gasteiger partial charge in [0.2, 0.25) is 0 Å². The van der Waals surface area contributed by atoms with Crippen molar-refractivity contribution < 1.29 is 0 Å². The van der Waals surface area contributed by atoms with Gasteiger partial charge in [-0.25, -0.2) is 0 Å². The van der Waals surface area contributed by atoms with Crippen LogP contribution in [0.5, 0.6) is 0 Å². The third-order valence-electron chi connectivity index (χ3n) is 5.71. The highest BCUT2D eigenvalue weighted by Crippen LogP contribution is 2.42. The summed E-state index contributed by atoms with van der Waals surface area (Å²) in [6.07, 6.45) is 11.0. The van der Waals surface area contributed by atoms with Crippen LogP contribution in [-0.4, -0.2) is 76.8 Å². The Bertz CT molecular complexity index is 606. The van der Waals surface area contributed by atoms with Crippen molar-refractivity contribution in [3.8, 4) is 0 Å². The molecule has 0 radical (unpaired) electrons. The van der Waals surface area contributed by atoms with Gasteiger partial charge in [0.1, 0.15) is 0 Å². The minimum absolute atomic E-state index is 0. The van der Waals surface area contributed by atoms with Gasteiger partial charge in [0, 0.05) is 56.0 Å². The van der Waals surface area contributed by atoms with E-state index in [4.69, 9.17) is 0 Å². The summed E-state index contributed by atoms with van der Waals surface area (Å²) in [5, 5.41) is 7.97. The van der Waals surface area contributed by atoms with Crippen LogP contribution in [0.3, 0.4) is 0 Å². The van der Waals surface area contributed by atoms with Crippen LogP contribution in [-0.2, 0) is 7.05 Å². The maximum atomic E-state index is 4.60. The van der Waals surface area contributed by atoms with Gasteiger partial charge in [0.05, 0.1) is 12.2 Å². The molecule has 1 aliphatic carbocycles. The summed E-state index contributed by atoms with van der Waals surface area (Å²) in [6.45, 7) is 3.06. The Kier molecular flexibility index (Phi) is 8.73. The smallest absolute Gasteiger partial charge is 0.193 e. The van der Waals surface area contributed by atoms with E-state index in [2.05, 4.69) is 57.3 Å². The Balaban J connectivity index is 0.00000261. The lowest BCUT2D eigenvalue weighted by atomic mass is 9.87. The van der Waals surface area contributed by atoms with Crippen molar-refractivity contribution in [2.24, 2.45) is 12.0 Å². The topological polar surface area (TPSA) is 48.7 Å². The second-order valence-electron chi connectivity index (χ2n) is 7.87. The average Bonchev–Trinajstić information content (AvgIpc) is 3.05. The van der Waals surface area contributed by atoms with Crippen LogP contribution in [0.25, 0.3) is 0 Å². The summed E-state index contributed by atoms with van der Waals surface area (Å²) < 4.78 is 2.33. The molecule has 1 aliphatic heterocycles. The van der Waals surface area contributed by atoms with E-state index >= 15 is 0 Å².